The molecule has 0 spiro atoms. The smallest absolute Gasteiger partial charge is 0.220 e. The number of unbranched alkanes of at least 4 members (excludes halogenated alkanes) is 41. The molecule has 19 heteroatoms. The highest BCUT2D eigenvalue weighted by Gasteiger charge is 2.53. The van der Waals surface area contributed by atoms with Crippen LogP contribution in [0.1, 0.15) is 303 Å². The Hall–Kier alpha value is -1.21. The molecular weight excluding hydrogens is 1130 g/mol. The van der Waals surface area contributed by atoms with Crippen LogP contribution in [0.4, 0.5) is 0 Å². The second-order valence-corrected chi connectivity index (χ2v) is 26.4. The van der Waals surface area contributed by atoms with E-state index in [1.54, 1.807) is 0 Å². The summed E-state index contributed by atoms with van der Waals surface area (Å²) in [5.74, 6) is -0.246. The highest BCUT2D eigenvalue weighted by Crippen LogP contribution is 2.33. The molecule has 88 heavy (non-hydrogen) atoms. The first kappa shape index (κ1) is 81.0. The van der Waals surface area contributed by atoms with Crippen LogP contribution in [0.25, 0.3) is 0 Å². The lowest BCUT2D eigenvalue weighted by molar-refractivity contribution is -0.379. The van der Waals surface area contributed by atoms with E-state index in [9.17, 15) is 61.0 Å². The summed E-state index contributed by atoms with van der Waals surface area (Å²) in [5, 5.41) is 120. The first-order chi connectivity index (χ1) is 42.8. The molecule has 3 fully saturated rings. The van der Waals surface area contributed by atoms with Crippen molar-refractivity contribution in [3.8, 4) is 0 Å². The molecule has 0 radical (unpaired) electrons. The van der Waals surface area contributed by atoms with Crippen LogP contribution in [0.15, 0.2) is 0 Å². The fraction of sp³-hybridized carbons (Fsp3) is 0.986. The molecule has 0 aromatic heterocycles. The summed E-state index contributed by atoms with van der Waals surface area (Å²) >= 11 is 0. The Morgan fingerprint density at radius 2 is 0.648 bits per heavy atom. The molecule has 0 bridgehead atoms. The standard InChI is InChI=1S/C69H133NO18/c1-3-5-7-9-10-11-12-13-14-15-16-17-18-19-20-21-22-23-24-25-26-27-28-29-30-31-32-33-34-35-36-37-38-39-40-41-42-43-45-47-57(75)70-52(53(74)46-44-8-6-4-2)51-83-67-63(81)60(78)65(55(49-72)85-67)88-69-64(82)61(79)66(56(50-73)86-69)87-68-62(80)59(77)58(76)54(48-71)84-68/h52-56,58-69,71-74,76-82H,3-51H2,1-2H3,(H,70,75). The molecule has 0 aromatic carbocycles. The average Bonchev–Trinajstić information content (AvgIpc) is 1.13. The molecule has 17 unspecified atom stereocenters. The number of carbonyl (C=O) groups excluding carboxylic acids is 1. The summed E-state index contributed by atoms with van der Waals surface area (Å²) in [6.45, 7) is 1.68. The van der Waals surface area contributed by atoms with Crippen molar-refractivity contribution in [2.24, 2.45) is 0 Å². The molecule has 1 amide bonds. The molecule has 0 saturated carbocycles. The number of aliphatic hydroxyl groups is 11. The van der Waals surface area contributed by atoms with Gasteiger partial charge in [-0.15, -0.1) is 0 Å². The van der Waals surface area contributed by atoms with Crippen molar-refractivity contribution < 1.29 is 89.4 Å². The number of hydrogen-bond acceptors (Lipinski definition) is 18. The van der Waals surface area contributed by atoms with Crippen LogP contribution in [0, 0.1) is 0 Å². The first-order valence-electron chi connectivity index (χ1n) is 36.3. The zero-order valence-corrected chi connectivity index (χ0v) is 55.2. The second-order valence-electron chi connectivity index (χ2n) is 26.4. The van der Waals surface area contributed by atoms with Gasteiger partial charge in [-0.3, -0.25) is 4.79 Å². The fourth-order valence-corrected chi connectivity index (χ4v) is 12.8. The van der Waals surface area contributed by atoms with Gasteiger partial charge in [0, 0.05) is 6.42 Å². The number of nitrogens with one attached hydrogen (secondary N) is 1. The number of aliphatic hydroxyl groups excluding tert-OH is 11. The van der Waals surface area contributed by atoms with Gasteiger partial charge in [0.1, 0.15) is 73.2 Å². The molecule has 3 heterocycles. The van der Waals surface area contributed by atoms with Crippen LogP contribution >= 0.6 is 0 Å². The Balaban J connectivity index is 1.18. The lowest BCUT2D eigenvalue weighted by Gasteiger charge is -2.48. The number of amides is 1. The maximum absolute atomic E-state index is 13.2. The monoisotopic (exact) mass is 1260 g/mol. The van der Waals surface area contributed by atoms with Crippen molar-refractivity contribution in [1.82, 2.24) is 5.32 Å². The number of ether oxygens (including phenoxy) is 6. The second kappa shape index (κ2) is 52.1. The zero-order valence-electron chi connectivity index (χ0n) is 55.2. The number of rotatable bonds is 57. The molecule has 0 aliphatic carbocycles. The molecular formula is C69H133NO18. The Morgan fingerprint density at radius 1 is 0.364 bits per heavy atom. The van der Waals surface area contributed by atoms with Crippen LogP contribution in [0.5, 0.6) is 0 Å². The third kappa shape index (κ3) is 33.8. The van der Waals surface area contributed by atoms with Gasteiger partial charge in [0.05, 0.1) is 38.6 Å². The van der Waals surface area contributed by atoms with Gasteiger partial charge in [0.25, 0.3) is 0 Å². The van der Waals surface area contributed by atoms with Gasteiger partial charge in [0.2, 0.25) is 5.91 Å². The minimum absolute atomic E-state index is 0.246. The van der Waals surface area contributed by atoms with E-state index in [2.05, 4.69) is 19.2 Å². The molecule has 19 nitrogen and oxygen atoms in total. The maximum Gasteiger partial charge on any atom is 0.220 e. The van der Waals surface area contributed by atoms with Crippen LogP contribution in [0.3, 0.4) is 0 Å². The lowest BCUT2D eigenvalue weighted by Crippen LogP contribution is -2.66. The van der Waals surface area contributed by atoms with Gasteiger partial charge in [-0.2, -0.15) is 0 Å². The Kier molecular flexibility index (Phi) is 48.0. The molecule has 3 aliphatic heterocycles. The molecule has 0 aromatic rings. The highest BCUT2D eigenvalue weighted by molar-refractivity contribution is 5.76. The largest absolute Gasteiger partial charge is 0.394 e. The van der Waals surface area contributed by atoms with E-state index in [4.69, 9.17) is 28.4 Å². The van der Waals surface area contributed by atoms with E-state index in [1.807, 2.05) is 0 Å². The summed E-state index contributed by atoms with van der Waals surface area (Å²) in [4.78, 5) is 13.2. The Labute approximate surface area is 532 Å². The molecule has 522 valence electrons. The van der Waals surface area contributed by atoms with E-state index >= 15 is 0 Å². The lowest BCUT2D eigenvalue weighted by atomic mass is 9.96. The SMILES string of the molecule is CCCCCCCCCCCCCCCCCCCCCCCCCCCCCCCCCCCCCCCCCC(=O)NC(COC1OC(CO)C(OC2OC(CO)C(OC3OC(CO)C(O)C(O)C3O)C(O)C2O)C(O)C1O)C(O)CCCCCC. The van der Waals surface area contributed by atoms with E-state index < -0.39 is 124 Å². The summed E-state index contributed by atoms with van der Waals surface area (Å²) < 4.78 is 34.1. The van der Waals surface area contributed by atoms with Gasteiger partial charge in [0.15, 0.2) is 18.9 Å². The van der Waals surface area contributed by atoms with Crippen LogP contribution < -0.4 is 5.32 Å². The maximum atomic E-state index is 13.2. The third-order valence-corrected chi connectivity index (χ3v) is 18.7. The van der Waals surface area contributed by atoms with Gasteiger partial charge in [-0.1, -0.05) is 284 Å². The molecule has 12 N–H and O–H groups in total. The van der Waals surface area contributed by atoms with Crippen molar-refractivity contribution in [2.45, 2.75) is 407 Å². The van der Waals surface area contributed by atoms with Crippen molar-refractivity contribution >= 4 is 5.91 Å². The van der Waals surface area contributed by atoms with Crippen LogP contribution in [0.2, 0.25) is 0 Å². The van der Waals surface area contributed by atoms with Crippen molar-refractivity contribution in [2.75, 3.05) is 26.4 Å². The van der Waals surface area contributed by atoms with Crippen molar-refractivity contribution in [3.05, 3.63) is 0 Å². The first-order valence-corrected chi connectivity index (χ1v) is 36.3. The quantitative estimate of drug-likeness (QED) is 0.0252. The van der Waals surface area contributed by atoms with Crippen molar-refractivity contribution in [3.63, 3.8) is 0 Å². The van der Waals surface area contributed by atoms with Crippen LogP contribution in [-0.4, -0.2) is 193 Å². The Morgan fingerprint density at radius 3 is 0.989 bits per heavy atom. The minimum Gasteiger partial charge on any atom is -0.394 e. The molecule has 3 saturated heterocycles. The van der Waals surface area contributed by atoms with E-state index in [0.717, 1.165) is 44.9 Å². The fourth-order valence-electron chi connectivity index (χ4n) is 12.8. The predicted octanol–water partition coefficient (Wildman–Crippen LogP) is 9.89. The average molecular weight is 1260 g/mol. The molecule has 3 rings (SSSR count). The van der Waals surface area contributed by atoms with E-state index in [1.165, 1.54) is 225 Å². The van der Waals surface area contributed by atoms with E-state index in [-0.39, 0.29) is 18.9 Å². The predicted molar refractivity (Wildman–Crippen MR) is 342 cm³/mol. The third-order valence-electron chi connectivity index (χ3n) is 18.7. The zero-order chi connectivity index (χ0) is 64.0. The summed E-state index contributed by atoms with van der Waals surface area (Å²) in [5.41, 5.74) is 0. The topological polar surface area (TPSA) is 307 Å². The van der Waals surface area contributed by atoms with Crippen LogP contribution in [-0.2, 0) is 33.2 Å². The Bertz CT molecular complexity index is 1600. The summed E-state index contributed by atoms with van der Waals surface area (Å²) in [6, 6.07) is -0.878. The number of hydrogen-bond donors (Lipinski definition) is 12. The molecule has 17 atom stereocenters. The summed E-state index contributed by atoms with van der Waals surface area (Å²) in [6.07, 6.45) is 30.7. The van der Waals surface area contributed by atoms with Gasteiger partial charge < -0.3 is 89.9 Å². The van der Waals surface area contributed by atoms with Crippen molar-refractivity contribution in [1.29, 1.82) is 0 Å². The van der Waals surface area contributed by atoms with Gasteiger partial charge in [-0.05, 0) is 12.8 Å². The highest BCUT2D eigenvalue weighted by atomic mass is 16.8. The minimum atomic E-state index is -1.97. The molecule has 3 aliphatic rings. The van der Waals surface area contributed by atoms with Gasteiger partial charge >= 0.3 is 0 Å². The normalized spacial score (nSPS) is 28.3. The number of carbonyl (C=O) groups is 1. The van der Waals surface area contributed by atoms with E-state index in [0.29, 0.717) is 12.8 Å². The van der Waals surface area contributed by atoms with Gasteiger partial charge in [-0.25, -0.2) is 0 Å². The summed E-state index contributed by atoms with van der Waals surface area (Å²) in [7, 11) is 0.